The Kier molecular flexibility index (Phi) is 6.34. The number of aryl methyl sites for hydroxylation is 1. The van der Waals surface area contributed by atoms with Gasteiger partial charge in [0.15, 0.2) is 5.76 Å². The van der Waals surface area contributed by atoms with E-state index in [1.807, 2.05) is 6.92 Å². The van der Waals surface area contributed by atoms with Gasteiger partial charge in [-0.05, 0) is 68.1 Å². The lowest BCUT2D eigenvalue weighted by molar-refractivity contribution is 0.0596. The van der Waals surface area contributed by atoms with Crippen LogP contribution >= 0.6 is 11.3 Å². The number of nitrogens with zero attached hydrogens (tertiary/aromatic N) is 2. The molecule has 1 saturated heterocycles. The number of piperidine rings is 1. The van der Waals surface area contributed by atoms with Gasteiger partial charge >= 0.3 is 0 Å². The number of amides is 2. The molecule has 2 aromatic heterocycles. The van der Waals surface area contributed by atoms with Crippen LogP contribution in [0.2, 0.25) is 0 Å². The number of hydrogen-bond donors (Lipinski definition) is 1. The van der Waals surface area contributed by atoms with Crippen LogP contribution in [0.25, 0.3) is 21.4 Å². The summed E-state index contributed by atoms with van der Waals surface area (Å²) in [5, 5.41) is 4.12. The minimum Gasteiger partial charge on any atom is -0.451 e. The highest BCUT2D eigenvalue weighted by molar-refractivity contribution is 7.15. The number of thiazole rings is 1. The van der Waals surface area contributed by atoms with Gasteiger partial charge < -0.3 is 14.6 Å². The average molecular weight is 496 g/mol. The van der Waals surface area contributed by atoms with Crippen LogP contribution in [0.15, 0.2) is 52.9 Å². The van der Waals surface area contributed by atoms with Crippen molar-refractivity contribution >= 4 is 34.1 Å². The summed E-state index contributed by atoms with van der Waals surface area (Å²) < 4.78 is 32.4. The first-order chi connectivity index (χ1) is 16.9. The number of aromatic nitrogens is 1. The molecule has 180 valence electrons. The summed E-state index contributed by atoms with van der Waals surface area (Å²) in [7, 11) is 0. The van der Waals surface area contributed by atoms with Crippen molar-refractivity contribution in [3.63, 3.8) is 0 Å². The van der Waals surface area contributed by atoms with E-state index in [0.717, 1.165) is 29.8 Å². The van der Waals surface area contributed by atoms with E-state index in [2.05, 4.69) is 10.3 Å². The molecule has 9 heteroatoms. The summed E-state index contributed by atoms with van der Waals surface area (Å²) in [5.41, 5.74) is 1.51. The largest absolute Gasteiger partial charge is 0.451 e. The van der Waals surface area contributed by atoms with E-state index >= 15 is 0 Å². The maximum Gasteiger partial charge on any atom is 0.287 e. The molecule has 1 aliphatic rings. The summed E-state index contributed by atoms with van der Waals surface area (Å²) in [6.45, 7) is 2.65. The minimum absolute atomic E-state index is 0.0907. The number of carbonyl (C=O) groups is 2. The number of carbonyl (C=O) groups excluding carboxylic acids is 2. The minimum atomic E-state index is -0.420. The molecule has 2 amide bonds. The van der Waals surface area contributed by atoms with Gasteiger partial charge in [-0.15, -0.1) is 11.3 Å². The molecule has 0 bridgehead atoms. The van der Waals surface area contributed by atoms with Gasteiger partial charge in [-0.2, -0.15) is 0 Å². The van der Waals surface area contributed by atoms with Gasteiger partial charge in [0.05, 0.1) is 9.88 Å². The number of likely N-dealkylation sites (tertiary alicyclic amines) is 1. The summed E-state index contributed by atoms with van der Waals surface area (Å²) in [5.74, 6) is -1.28. The van der Waals surface area contributed by atoms with Crippen LogP contribution in [0.5, 0.6) is 0 Å². The zero-order valence-electron chi connectivity index (χ0n) is 19.0. The SMILES string of the molecule is Cc1nc(C(=O)N2CCCCC2CNC(=O)c2cc3cc(F)ccc3o2)c(-c2ccc(F)cc2)s1. The molecule has 2 aromatic carbocycles. The number of halogens is 2. The van der Waals surface area contributed by atoms with Crippen LogP contribution in [0.1, 0.15) is 45.3 Å². The molecule has 1 aliphatic heterocycles. The first-order valence-corrected chi connectivity index (χ1v) is 12.2. The molecule has 0 spiro atoms. The Labute approximate surface area is 204 Å². The lowest BCUT2D eigenvalue weighted by Crippen LogP contribution is -2.49. The van der Waals surface area contributed by atoms with Crippen molar-refractivity contribution in [1.29, 1.82) is 0 Å². The Morgan fingerprint density at radius 3 is 2.69 bits per heavy atom. The fourth-order valence-corrected chi connectivity index (χ4v) is 5.32. The first kappa shape index (κ1) is 23.2. The Morgan fingerprint density at radius 2 is 1.89 bits per heavy atom. The molecule has 1 fully saturated rings. The highest BCUT2D eigenvalue weighted by atomic mass is 32.1. The number of rotatable bonds is 5. The number of benzene rings is 2. The summed E-state index contributed by atoms with van der Waals surface area (Å²) in [4.78, 5) is 33.3. The lowest BCUT2D eigenvalue weighted by atomic mass is 10.0. The fraction of sp³-hybridized carbons (Fsp3) is 0.269. The van der Waals surface area contributed by atoms with Crippen molar-refractivity contribution in [3.8, 4) is 10.4 Å². The molecular formula is C26H23F2N3O3S. The Morgan fingerprint density at radius 1 is 1.11 bits per heavy atom. The van der Waals surface area contributed by atoms with Gasteiger partial charge in [-0.1, -0.05) is 12.1 Å². The van der Waals surface area contributed by atoms with E-state index in [9.17, 15) is 18.4 Å². The van der Waals surface area contributed by atoms with Crippen molar-refractivity contribution < 1.29 is 22.8 Å². The van der Waals surface area contributed by atoms with Crippen LogP contribution in [-0.4, -0.2) is 40.8 Å². The predicted octanol–water partition coefficient (Wildman–Crippen LogP) is 5.57. The zero-order valence-corrected chi connectivity index (χ0v) is 19.8. The molecular weight excluding hydrogens is 472 g/mol. The molecule has 3 heterocycles. The third-order valence-electron chi connectivity index (χ3n) is 6.13. The molecule has 5 rings (SSSR count). The molecule has 35 heavy (non-hydrogen) atoms. The highest BCUT2D eigenvalue weighted by Crippen LogP contribution is 2.32. The van der Waals surface area contributed by atoms with Gasteiger partial charge in [-0.25, -0.2) is 13.8 Å². The maximum absolute atomic E-state index is 13.6. The molecule has 0 radical (unpaired) electrons. The van der Waals surface area contributed by atoms with Crippen molar-refractivity contribution in [2.75, 3.05) is 13.1 Å². The smallest absolute Gasteiger partial charge is 0.287 e. The van der Waals surface area contributed by atoms with Crippen molar-refractivity contribution in [2.24, 2.45) is 0 Å². The average Bonchev–Trinajstić information content (AvgIpc) is 3.46. The quantitative estimate of drug-likeness (QED) is 0.393. The third kappa shape index (κ3) is 4.81. The molecule has 4 aromatic rings. The van der Waals surface area contributed by atoms with Crippen molar-refractivity contribution in [3.05, 3.63) is 76.6 Å². The Hall–Kier alpha value is -3.59. The van der Waals surface area contributed by atoms with Crippen LogP contribution in [0.3, 0.4) is 0 Å². The van der Waals surface area contributed by atoms with Gasteiger partial charge in [0.25, 0.3) is 11.8 Å². The Balaban J connectivity index is 1.33. The van der Waals surface area contributed by atoms with Gasteiger partial charge in [0, 0.05) is 24.5 Å². The monoisotopic (exact) mass is 495 g/mol. The van der Waals surface area contributed by atoms with Gasteiger partial charge in [0.1, 0.15) is 22.9 Å². The summed E-state index contributed by atoms with van der Waals surface area (Å²) >= 11 is 1.40. The number of hydrogen-bond acceptors (Lipinski definition) is 5. The Bertz CT molecular complexity index is 1400. The molecule has 1 N–H and O–H groups in total. The van der Waals surface area contributed by atoms with E-state index in [0.29, 0.717) is 28.1 Å². The van der Waals surface area contributed by atoms with Crippen LogP contribution in [0, 0.1) is 18.6 Å². The second kappa shape index (κ2) is 9.58. The summed E-state index contributed by atoms with van der Waals surface area (Å²) in [6.07, 6.45) is 2.54. The number of furan rings is 1. The van der Waals surface area contributed by atoms with E-state index in [-0.39, 0.29) is 30.1 Å². The fourth-order valence-electron chi connectivity index (χ4n) is 4.41. The number of nitrogens with one attached hydrogen (secondary N) is 1. The standard InChI is InChI=1S/C26H23F2N3O3S/c1-15-30-23(24(35-15)16-5-7-18(27)8-6-16)26(33)31-11-3-2-4-20(31)14-29-25(32)22-13-17-12-19(28)9-10-21(17)34-22/h5-10,12-13,20H,2-4,11,14H2,1H3,(H,29,32). The second-order valence-electron chi connectivity index (χ2n) is 8.57. The topological polar surface area (TPSA) is 75.4 Å². The van der Waals surface area contributed by atoms with E-state index in [1.54, 1.807) is 17.0 Å². The molecule has 6 nitrogen and oxygen atoms in total. The van der Waals surface area contributed by atoms with Gasteiger partial charge in [-0.3, -0.25) is 9.59 Å². The maximum atomic E-state index is 13.6. The van der Waals surface area contributed by atoms with Crippen LogP contribution in [-0.2, 0) is 0 Å². The predicted molar refractivity (Wildman–Crippen MR) is 129 cm³/mol. The summed E-state index contributed by atoms with van der Waals surface area (Å²) in [6, 6.07) is 11.4. The van der Waals surface area contributed by atoms with Crippen molar-refractivity contribution in [1.82, 2.24) is 15.2 Å². The van der Waals surface area contributed by atoms with E-state index in [1.165, 1.54) is 47.7 Å². The second-order valence-corrected chi connectivity index (χ2v) is 9.77. The van der Waals surface area contributed by atoms with E-state index < -0.39 is 11.7 Å². The number of fused-ring (bicyclic) bond motifs is 1. The normalized spacial score (nSPS) is 16.0. The highest BCUT2D eigenvalue weighted by Gasteiger charge is 2.31. The lowest BCUT2D eigenvalue weighted by Gasteiger charge is -2.35. The van der Waals surface area contributed by atoms with Crippen LogP contribution in [0.4, 0.5) is 8.78 Å². The van der Waals surface area contributed by atoms with Gasteiger partial charge in [0.2, 0.25) is 0 Å². The molecule has 1 atom stereocenters. The van der Waals surface area contributed by atoms with Crippen molar-refractivity contribution in [2.45, 2.75) is 32.2 Å². The van der Waals surface area contributed by atoms with Crippen LogP contribution < -0.4 is 5.32 Å². The first-order valence-electron chi connectivity index (χ1n) is 11.4. The molecule has 1 unspecified atom stereocenters. The zero-order chi connectivity index (χ0) is 24.5. The third-order valence-corrected chi connectivity index (χ3v) is 7.15. The molecule has 0 aliphatic carbocycles. The van der Waals surface area contributed by atoms with E-state index in [4.69, 9.17) is 4.42 Å². The molecule has 0 saturated carbocycles.